The van der Waals surface area contributed by atoms with E-state index in [2.05, 4.69) is 29.2 Å². The molecule has 0 aliphatic rings. The molecule has 2 heteroatoms. The first-order valence-corrected chi connectivity index (χ1v) is 11.0. The molecule has 0 aromatic heterocycles. The molecule has 0 amide bonds. The SMILES string of the molecule is [CH3][Sn](=[S])[c]1ccccc1. The minimum atomic E-state index is -1.44. The third-order valence-corrected chi connectivity index (χ3v) is 6.03. The molecular formula is C7H8SSn. The molecule has 1 aromatic carbocycles. The van der Waals surface area contributed by atoms with E-state index in [-0.39, 0.29) is 0 Å². The maximum absolute atomic E-state index is 5.24. The van der Waals surface area contributed by atoms with Crippen molar-refractivity contribution in [2.45, 2.75) is 4.94 Å². The predicted octanol–water partition coefficient (Wildman–Crippen LogP) is 1.71. The monoisotopic (exact) mass is 244 g/mol. The zero-order valence-corrected chi connectivity index (χ0v) is 8.97. The topological polar surface area (TPSA) is 0 Å². The van der Waals surface area contributed by atoms with Crippen molar-refractivity contribution in [3.8, 4) is 0 Å². The van der Waals surface area contributed by atoms with Gasteiger partial charge in [0.25, 0.3) is 0 Å². The molecule has 0 N–H and O–H groups in total. The van der Waals surface area contributed by atoms with Gasteiger partial charge in [-0.2, -0.15) is 0 Å². The Morgan fingerprint density at radius 2 is 1.78 bits per heavy atom. The molecule has 0 aliphatic heterocycles. The normalized spacial score (nSPS) is 9.00. The molecule has 46 valence electrons. The Morgan fingerprint density at radius 3 is 2.11 bits per heavy atom. The maximum atomic E-state index is 5.24. The Balaban J connectivity index is 2.98. The Labute approximate surface area is 65.8 Å². The molecule has 0 saturated carbocycles. The second-order valence-electron chi connectivity index (χ2n) is 1.92. The van der Waals surface area contributed by atoms with Gasteiger partial charge < -0.3 is 0 Å². The van der Waals surface area contributed by atoms with Crippen LogP contribution in [-0.4, -0.2) is 17.8 Å². The Bertz CT molecular complexity index is 205. The van der Waals surface area contributed by atoms with Crippen LogP contribution < -0.4 is 3.58 Å². The first-order valence-electron chi connectivity index (χ1n) is 2.86. The van der Waals surface area contributed by atoms with Crippen molar-refractivity contribution >= 4 is 30.7 Å². The summed E-state index contributed by atoms with van der Waals surface area (Å²) in [6, 6.07) is 10.4. The second kappa shape index (κ2) is 3.42. The van der Waals surface area contributed by atoms with Crippen LogP contribution in [0.15, 0.2) is 30.3 Å². The summed E-state index contributed by atoms with van der Waals surface area (Å²) in [4.78, 5) is 2.22. The Morgan fingerprint density at radius 1 is 1.22 bits per heavy atom. The van der Waals surface area contributed by atoms with Crippen LogP contribution in [0.3, 0.4) is 0 Å². The van der Waals surface area contributed by atoms with Crippen molar-refractivity contribution in [2.75, 3.05) is 0 Å². The number of hydrogen-bond acceptors (Lipinski definition) is 1. The average Bonchev–Trinajstić information content (AvgIpc) is 1.90. The second-order valence-corrected chi connectivity index (χ2v) is 10.9. The van der Waals surface area contributed by atoms with Crippen LogP contribution in [0.5, 0.6) is 0 Å². The van der Waals surface area contributed by atoms with Crippen molar-refractivity contribution in [3.63, 3.8) is 0 Å². The number of benzene rings is 1. The summed E-state index contributed by atoms with van der Waals surface area (Å²) in [6.45, 7) is 0. The summed E-state index contributed by atoms with van der Waals surface area (Å²) in [6.07, 6.45) is 0. The van der Waals surface area contributed by atoms with E-state index < -0.39 is 17.8 Å². The van der Waals surface area contributed by atoms with Gasteiger partial charge in [-0.3, -0.25) is 0 Å². The van der Waals surface area contributed by atoms with E-state index in [1.165, 1.54) is 3.58 Å². The molecule has 1 aromatic rings. The van der Waals surface area contributed by atoms with Gasteiger partial charge in [0.1, 0.15) is 0 Å². The van der Waals surface area contributed by atoms with E-state index >= 15 is 0 Å². The number of rotatable bonds is 1. The Hall–Kier alpha value is 0.239. The Kier molecular flexibility index (Phi) is 2.79. The van der Waals surface area contributed by atoms with Crippen LogP contribution in [0.25, 0.3) is 0 Å². The van der Waals surface area contributed by atoms with Crippen LogP contribution in [0.1, 0.15) is 0 Å². The molecule has 0 saturated heterocycles. The molecule has 0 bridgehead atoms. The number of hydrogen-bond donors (Lipinski definition) is 0. The summed E-state index contributed by atoms with van der Waals surface area (Å²) < 4.78 is 1.43. The molecule has 1 rings (SSSR count). The molecule has 0 heterocycles. The standard InChI is InChI=1S/C6H5.CH3.S.Sn/c1-2-4-6-5-3-1;;;/h1-5H;1H3;;. The molecule has 9 heavy (non-hydrogen) atoms. The van der Waals surface area contributed by atoms with Gasteiger partial charge in [0.05, 0.1) is 0 Å². The minimum absolute atomic E-state index is 1.43. The van der Waals surface area contributed by atoms with Gasteiger partial charge in [0.2, 0.25) is 0 Å². The molecule has 0 atom stereocenters. The van der Waals surface area contributed by atoms with E-state index in [0.717, 1.165) is 0 Å². The van der Waals surface area contributed by atoms with Crippen molar-refractivity contribution in [1.29, 1.82) is 0 Å². The van der Waals surface area contributed by atoms with Crippen LogP contribution in [0, 0.1) is 0 Å². The summed E-state index contributed by atoms with van der Waals surface area (Å²) in [5, 5.41) is 0. The molecule has 0 nitrogen and oxygen atoms in total. The third kappa shape index (κ3) is 2.14. The third-order valence-electron chi connectivity index (χ3n) is 1.18. The summed E-state index contributed by atoms with van der Waals surface area (Å²) >= 11 is -1.44. The van der Waals surface area contributed by atoms with Crippen LogP contribution >= 0.6 is 9.29 Å². The van der Waals surface area contributed by atoms with Gasteiger partial charge in [-0.25, -0.2) is 0 Å². The quantitative estimate of drug-likeness (QED) is 0.676. The molecular weight excluding hydrogens is 235 g/mol. The fourth-order valence-corrected chi connectivity index (χ4v) is 3.47. The van der Waals surface area contributed by atoms with E-state index in [0.29, 0.717) is 0 Å². The van der Waals surface area contributed by atoms with Gasteiger partial charge in [-0.1, -0.05) is 0 Å². The molecule has 0 fully saturated rings. The van der Waals surface area contributed by atoms with Gasteiger partial charge in [0, 0.05) is 0 Å². The first-order chi connectivity index (χ1) is 4.30. The van der Waals surface area contributed by atoms with Gasteiger partial charge in [-0.05, 0) is 0 Å². The van der Waals surface area contributed by atoms with E-state index in [9.17, 15) is 0 Å². The van der Waals surface area contributed by atoms with Crippen molar-refractivity contribution in [3.05, 3.63) is 30.3 Å². The van der Waals surface area contributed by atoms with Gasteiger partial charge in [0.15, 0.2) is 0 Å². The zero-order valence-electron chi connectivity index (χ0n) is 5.29. The summed E-state index contributed by atoms with van der Waals surface area (Å²) in [7, 11) is 5.24. The first kappa shape index (κ1) is 7.35. The molecule has 0 spiro atoms. The van der Waals surface area contributed by atoms with Crippen LogP contribution in [-0.2, 0) is 0 Å². The predicted molar refractivity (Wildman–Crippen MR) is 45.3 cm³/mol. The summed E-state index contributed by atoms with van der Waals surface area (Å²) in [5.74, 6) is 0. The molecule has 0 radical (unpaired) electrons. The van der Waals surface area contributed by atoms with Crippen LogP contribution in [0.2, 0.25) is 4.94 Å². The van der Waals surface area contributed by atoms with Crippen molar-refractivity contribution in [2.24, 2.45) is 0 Å². The van der Waals surface area contributed by atoms with E-state index in [1.807, 2.05) is 6.07 Å². The molecule has 0 aliphatic carbocycles. The summed E-state index contributed by atoms with van der Waals surface area (Å²) in [5.41, 5.74) is 0. The van der Waals surface area contributed by atoms with E-state index in [1.54, 1.807) is 0 Å². The van der Waals surface area contributed by atoms with Crippen molar-refractivity contribution in [1.82, 2.24) is 0 Å². The van der Waals surface area contributed by atoms with Crippen LogP contribution in [0.4, 0.5) is 0 Å². The van der Waals surface area contributed by atoms with Gasteiger partial charge >= 0.3 is 66.0 Å². The van der Waals surface area contributed by atoms with Crippen molar-refractivity contribution < 1.29 is 0 Å². The molecule has 0 unspecified atom stereocenters. The average molecular weight is 243 g/mol. The zero-order chi connectivity index (χ0) is 6.69. The fourth-order valence-electron chi connectivity index (χ4n) is 0.673. The fraction of sp³-hybridized carbons (Fsp3) is 0.143. The van der Waals surface area contributed by atoms with E-state index in [4.69, 9.17) is 9.29 Å². The van der Waals surface area contributed by atoms with Gasteiger partial charge in [-0.15, -0.1) is 0 Å².